The first-order valence-corrected chi connectivity index (χ1v) is 8.28. The molecule has 1 saturated heterocycles. The van der Waals surface area contributed by atoms with E-state index in [0.29, 0.717) is 10.7 Å². The number of thioether (sulfide) groups is 1. The van der Waals surface area contributed by atoms with Gasteiger partial charge in [-0.15, -0.1) is 16.9 Å². The molecule has 9 heteroatoms. The van der Waals surface area contributed by atoms with Gasteiger partial charge < -0.3 is 15.1 Å². The van der Waals surface area contributed by atoms with Gasteiger partial charge in [-0.3, -0.25) is 9.48 Å². The summed E-state index contributed by atoms with van der Waals surface area (Å²) in [6, 6.07) is -0.280. The maximum absolute atomic E-state index is 12.2. The number of aliphatic carboxylic acids is 1. The van der Waals surface area contributed by atoms with E-state index in [9.17, 15) is 19.8 Å². The Morgan fingerprint density at radius 1 is 1.52 bits per heavy atom. The van der Waals surface area contributed by atoms with Gasteiger partial charge in [0.25, 0.3) is 0 Å². The van der Waals surface area contributed by atoms with Crippen LogP contribution in [0.4, 0.5) is 0 Å². The van der Waals surface area contributed by atoms with E-state index in [4.69, 9.17) is 0 Å². The van der Waals surface area contributed by atoms with Crippen LogP contribution in [0.2, 0.25) is 0 Å². The molecule has 0 aliphatic carbocycles. The Bertz CT molecular complexity index is 699. The van der Waals surface area contributed by atoms with E-state index in [1.54, 1.807) is 24.9 Å². The number of aryl methyl sites for hydroxylation is 1. The molecule has 124 valence electrons. The predicted octanol–water partition coefficient (Wildman–Crippen LogP) is 0.202. The molecule has 8 nitrogen and oxygen atoms in total. The average molecular weight is 338 g/mol. The third-order valence-corrected chi connectivity index (χ3v) is 5.65. The summed E-state index contributed by atoms with van der Waals surface area (Å²) in [6.45, 7) is 3.46. The van der Waals surface area contributed by atoms with Crippen LogP contribution in [0.1, 0.15) is 19.5 Å². The van der Waals surface area contributed by atoms with Gasteiger partial charge in [0.1, 0.15) is 5.70 Å². The minimum Gasteiger partial charge on any atom is -0.477 e. The van der Waals surface area contributed by atoms with Gasteiger partial charge in [0.15, 0.2) is 0 Å². The summed E-state index contributed by atoms with van der Waals surface area (Å²) in [4.78, 5) is 25.8. The Labute approximate surface area is 137 Å². The van der Waals surface area contributed by atoms with Gasteiger partial charge in [-0.1, -0.05) is 12.1 Å². The molecule has 2 N–H and O–H groups in total. The molecule has 3 heterocycles. The van der Waals surface area contributed by atoms with Gasteiger partial charge in [-0.25, -0.2) is 4.79 Å². The molecule has 0 saturated carbocycles. The van der Waals surface area contributed by atoms with E-state index >= 15 is 0 Å². The number of amides is 1. The van der Waals surface area contributed by atoms with Crippen LogP contribution >= 0.6 is 11.8 Å². The van der Waals surface area contributed by atoms with Crippen LogP contribution < -0.4 is 0 Å². The fraction of sp³-hybridized carbons (Fsp3) is 0.571. The van der Waals surface area contributed by atoms with Crippen molar-refractivity contribution in [2.45, 2.75) is 31.7 Å². The first kappa shape index (κ1) is 16.0. The summed E-state index contributed by atoms with van der Waals surface area (Å²) < 4.78 is 1.58. The topological polar surface area (TPSA) is 109 Å². The Morgan fingerprint density at radius 2 is 2.22 bits per heavy atom. The molecule has 1 fully saturated rings. The predicted molar refractivity (Wildman–Crippen MR) is 81.9 cm³/mol. The highest BCUT2D eigenvalue weighted by Gasteiger charge is 2.59. The smallest absolute Gasteiger partial charge is 0.353 e. The largest absolute Gasteiger partial charge is 0.477 e. The van der Waals surface area contributed by atoms with Crippen LogP contribution in [0.15, 0.2) is 16.8 Å². The number of carboxylic acids is 1. The lowest BCUT2D eigenvalue weighted by atomic mass is 9.79. The third kappa shape index (κ3) is 2.43. The Morgan fingerprint density at radius 3 is 2.74 bits per heavy atom. The molecule has 0 aromatic carbocycles. The molecule has 2 aliphatic rings. The summed E-state index contributed by atoms with van der Waals surface area (Å²) in [5.41, 5.74) is 0.785. The molecular formula is C14H18N4O4S. The number of aromatic nitrogens is 3. The van der Waals surface area contributed by atoms with Gasteiger partial charge in [0.2, 0.25) is 5.91 Å². The van der Waals surface area contributed by atoms with Crippen LogP contribution in [0, 0.1) is 11.8 Å². The summed E-state index contributed by atoms with van der Waals surface area (Å²) in [7, 11) is 1.76. The van der Waals surface area contributed by atoms with Crippen molar-refractivity contribution in [1.29, 1.82) is 0 Å². The zero-order valence-electron chi connectivity index (χ0n) is 13.0. The highest BCUT2D eigenvalue weighted by molar-refractivity contribution is 8.02. The van der Waals surface area contributed by atoms with Crippen molar-refractivity contribution in [3.05, 3.63) is 22.5 Å². The Kier molecular flexibility index (Phi) is 3.93. The lowest BCUT2D eigenvalue weighted by Gasteiger charge is -2.46. The molecule has 2 aliphatic heterocycles. The van der Waals surface area contributed by atoms with E-state index in [0.717, 1.165) is 5.69 Å². The number of carbonyl (C=O) groups is 2. The van der Waals surface area contributed by atoms with Crippen molar-refractivity contribution in [2.75, 3.05) is 0 Å². The number of nitrogens with zero attached hydrogens (tertiary/aromatic N) is 4. The SMILES string of the molecule is C[C@H](O)C1C(=O)N2C(C(=O)O)=C(SCc3cn(C)nn3)[C@H](C)C12. The minimum atomic E-state index is -1.11. The van der Waals surface area contributed by atoms with Gasteiger partial charge in [-0.2, -0.15) is 0 Å². The minimum absolute atomic E-state index is 0.0401. The zero-order valence-corrected chi connectivity index (χ0v) is 13.8. The molecule has 1 aromatic rings. The number of hydrogen-bond donors (Lipinski definition) is 2. The normalized spacial score (nSPS) is 27.9. The van der Waals surface area contributed by atoms with Gasteiger partial charge in [0.05, 0.1) is 23.8 Å². The number of carbonyl (C=O) groups excluding carboxylic acids is 1. The number of aliphatic hydroxyl groups is 1. The first-order chi connectivity index (χ1) is 10.8. The number of fused-ring (bicyclic) bond motifs is 1. The third-order valence-electron chi connectivity index (χ3n) is 4.34. The maximum Gasteiger partial charge on any atom is 0.353 e. The van der Waals surface area contributed by atoms with Crippen molar-refractivity contribution in [3.8, 4) is 0 Å². The average Bonchev–Trinajstić information content (AvgIpc) is 2.97. The maximum atomic E-state index is 12.2. The van der Waals surface area contributed by atoms with Crippen LogP contribution in [-0.2, 0) is 22.4 Å². The van der Waals surface area contributed by atoms with Crippen molar-refractivity contribution in [3.63, 3.8) is 0 Å². The van der Waals surface area contributed by atoms with Crippen LogP contribution in [-0.4, -0.2) is 54.1 Å². The molecule has 23 heavy (non-hydrogen) atoms. The molecule has 0 spiro atoms. The van der Waals surface area contributed by atoms with Crippen molar-refractivity contribution in [2.24, 2.45) is 18.9 Å². The van der Waals surface area contributed by atoms with Crippen molar-refractivity contribution >= 4 is 23.6 Å². The summed E-state index contributed by atoms with van der Waals surface area (Å²) in [5.74, 6) is -1.60. The lowest BCUT2D eigenvalue weighted by Crippen LogP contribution is -2.63. The van der Waals surface area contributed by atoms with E-state index in [1.165, 1.54) is 16.7 Å². The van der Waals surface area contributed by atoms with E-state index in [2.05, 4.69) is 10.3 Å². The molecule has 0 bridgehead atoms. The number of aliphatic hydroxyl groups excluding tert-OH is 1. The molecule has 1 aromatic heterocycles. The summed E-state index contributed by atoms with van der Waals surface area (Å²) in [6.07, 6.45) is 0.984. The monoisotopic (exact) mass is 338 g/mol. The van der Waals surface area contributed by atoms with Crippen molar-refractivity contribution in [1.82, 2.24) is 19.9 Å². The van der Waals surface area contributed by atoms with Gasteiger partial charge >= 0.3 is 5.97 Å². The lowest BCUT2D eigenvalue weighted by molar-refractivity contribution is -0.163. The second-order valence-electron chi connectivity index (χ2n) is 5.94. The van der Waals surface area contributed by atoms with E-state index in [1.807, 2.05) is 6.92 Å². The Balaban J connectivity index is 1.85. The van der Waals surface area contributed by atoms with E-state index < -0.39 is 18.0 Å². The second kappa shape index (κ2) is 5.64. The fourth-order valence-electron chi connectivity index (χ4n) is 3.33. The quantitative estimate of drug-likeness (QED) is 0.738. The Hall–Kier alpha value is -1.87. The zero-order chi connectivity index (χ0) is 16.9. The molecular weight excluding hydrogens is 320 g/mol. The first-order valence-electron chi connectivity index (χ1n) is 7.29. The second-order valence-corrected chi connectivity index (χ2v) is 6.96. The summed E-state index contributed by atoms with van der Waals surface area (Å²) in [5, 5.41) is 27.1. The number of hydrogen-bond acceptors (Lipinski definition) is 6. The molecule has 0 radical (unpaired) electrons. The molecule has 3 rings (SSSR count). The van der Waals surface area contributed by atoms with Crippen molar-refractivity contribution < 1.29 is 19.8 Å². The fourth-order valence-corrected chi connectivity index (χ4v) is 4.49. The molecule has 1 amide bonds. The highest BCUT2D eigenvalue weighted by Crippen LogP contribution is 2.50. The number of rotatable bonds is 5. The molecule has 2 unspecified atom stereocenters. The standard InChI is InChI=1S/C14H18N4O4S/c1-6-10-9(7(2)19)13(20)18(10)11(14(21)22)12(6)23-5-8-4-17(3)16-15-8/h4,6-7,9-10,19H,5H2,1-3H3,(H,21,22)/t6-,7+,9?,10?/m1/s1. The molecule has 4 atom stereocenters. The van der Waals surface area contributed by atoms with E-state index in [-0.39, 0.29) is 23.6 Å². The highest BCUT2D eigenvalue weighted by atomic mass is 32.2. The van der Waals surface area contributed by atoms with Crippen LogP contribution in [0.3, 0.4) is 0 Å². The van der Waals surface area contributed by atoms with Gasteiger partial charge in [-0.05, 0) is 6.92 Å². The summed E-state index contributed by atoms with van der Waals surface area (Å²) >= 11 is 1.37. The number of β-lactam (4-membered cyclic amide) rings is 1. The van der Waals surface area contributed by atoms with Gasteiger partial charge in [0, 0.05) is 29.8 Å². The number of carboxylic acid groups (broad SMARTS) is 1. The van der Waals surface area contributed by atoms with Crippen LogP contribution in [0.5, 0.6) is 0 Å². The van der Waals surface area contributed by atoms with Crippen LogP contribution in [0.25, 0.3) is 0 Å².